The van der Waals surface area contributed by atoms with Crippen LogP contribution in [0.15, 0.2) is 30.6 Å². The summed E-state index contributed by atoms with van der Waals surface area (Å²) < 4.78 is 16.0. The lowest BCUT2D eigenvalue weighted by molar-refractivity contribution is 0.385. The summed E-state index contributed by atoms with van der Waals surface area (Å²) in [6.45, 7) is 0. The van der Waals surface area contributed by atoms with Gasteiger partial charge in [-0.1, -0.05) is 0 Å². The third-order valence-electron chi connectivity index (χ3n) is 2.45. The molecule has 6 heteroatoms. The number of anilines is 1. The standard InChI is InChI=1S/C13H15N3O3/c1-14-12-7-13(16-8-15-12)19-11-5-9(17-2)4-10(6-11)18-3/h4-8H,1-3H3,(H,14,15,16). The smallest absolute Gasteiger partial charge is 0.224 e. The maximum Gasteiger partial charge on any atom is 0.224 e. The van der Waals surface area contributed by atoms with Crippen molar-refractivity contribution < 1.29 is 14.2 Å². The summed E-state index contributed by atoms with van der Waals surface area (Å²) in [5.74, 6) is 3.00. The molecule has 0 unspecified atom stereocenters. The number of nitrogens with zero attached hydrogens (tertiary/aromatic N) is 2. The molecule has 0 saturated carbocycles. The Kier molecular flexibility index (Phi) is 4.02. The summed E-state index contributed by atoms with van der Waals surface area (Å²) in [5.41, 5.74) is 0. The summed E-state index contributed by atoms with van der Waals surface area (Å²) in [6, 6.07) is 6.98. The number of hydrogen-bond acceptors (Lipinski definition) is 6. The van der Waals surface area contributed by atoms with E-state index in [0.717, 1.165) is 0 Å². The molecule has 0 aliphatic rings. The number of rotatable bonds is 5. The predicted octanol–water partition coefficient (Wildman–Crippen LogP) is 2.33. The van der Waals surface area contributed by atoms with Crippen LogP contribution in [0.5, 0.6) is 23.1 Å². The van der Waals surface area contributed by atoms with Crippen molar-refractivity contribution in [2.45, 2.75) is 0 Å². The quantitative estimate of drug-likeness (QED) is 0.891. The van der Waals surface area contributed by atoms with Gasteiger partial charge < -0.3 is 19.5 Å². The molecule has 0 atom stereocenters. The van der Waals surface area contributed by atoms with Gasteiger partial charge in [0.05, 0.1) is 14.2 Å². The average Bonchev–Trinajstić information content (AvgIpc) is 2.47. The van der Waals surface area contributed by atoms with Gasteiger partial charge in [0.1, 0.15) is 29.4 Å². The largest absolute Gasteiger partial charge is 0.496 e. The Bertz CT molecular complexity index is 538. The van der Waals surface area contributed by atoms with E-state index in [4.69, 9.17) is 14.2 Å². The van der Waals surface area contributed by atoms with E-state index in [2.05, 4.69) is 15.3 Å². The van der Waals surface area contributed by atoms with E-state index in [-0.39, 0.29) is 0 Å². The van der Waals surface area contributed by atoms with Crippen LogP contribution in [0.3, 0.4) is 0 Å². The van der Waals surface area contributed by atoms with E-state index < -0.39 is 0 Å². The third-order valence-corrected chi connectivity index (χ3v) is 2.45. The van der Waals surface area contributed by atoms with Crippen LogP contribution in [-0.2, 0) is 0 Å². The maximum atomic E-state index is 5.65. The molecule has 100 valence electrons. The Morgan fingerprint density at radius 1 is 0.895 bits per heavy atom. The number of aromatic nitrogens is 2. The van der Waals surface area contributed by atoms with Gasteiger partial charge in [0.2, 0.25) is 5.88 Å². The van der Waals surface area contributed by atoms with Crippen molar-refractivity contribution in [3.8, 4) is 23.1 Å². The molecule has 2 rings (SSSR count). The Balaban J connectivity index is 2.26. The molecule has 1 aromatic carbocycles. The Labute approximate surface area is 111 Å². The molecule has 6 nitrogen and oxygen atoms in total. The summed E-state index contributed by atoms with van der Waals surface area (Å²) in [6.07, 6.45) is 1.43. The molecule has 2 aromatic rings. The Morgan fingerprint density at radius 3 is 2.11 bits per heavy atom. The fraction of sp³-hybridized carbons (Fsp3) is 0.231. The van der Waals surface area contributed by atoms with Crippen LogP contribution >= 0.6 is 0 Å². The summed E-state index contributed by atoms with van der Waals surface area (Å²) in [4.78, 5) is 8.05. The van der Waals surface area contributed by atoms with E-state index >= 15 is 0 Å². The van der Waals surface area contributed by atoms with Gasteiger partial charge in [-0.05, 0) is 0 Å². The Morgan fingerprint density at radius 2 is 1.53 bits per heavy atom. The van der Waals surface area contributed by atoms with Crippen LogP contribution in [0, 0.1) is 0 Å². The molecule has 0 amide bonds. The van der Waals surface area contributed by atoms with Crippen molar-refractivity contribution in [2.24, 2.45) is 0 Å². The number of methoxy groups -OCH3 is 2. The van der Waals surface area contributed by atoms with E-state index in [1.54, 1.807) is 45.5 Å². The minimum absolute atomic E-state index is 0.439. The van der Waals surface area contributed by atoms with E-state index in [1.165, 1.54) is 6.33 Å². The van der Waals surface area contributed by atoms with E-state index in [1.807, 2.05) is 0 Å². The zero-order chi connectivity index (χ0) is 13.7. The first-order chi connectivity index (χ1) is 9.25. The number of nitrogens with one attached hydrogen (secondary N) is 1. The van der Waals surface area contributed by atoms with Crippen LogP contribution in [0.1, 0.15) is 0 Å². The van der Waals surface area contributed by atoms with Crippen molar-refractivity contribution >= 4 is 5.82 Å². The summed E-state index contributed by atoms with van der Waals surface area (Å²) in [7, 11) is 4.95. The third kappa shape index (κ3) is 3.25. The number of ether oxygens (including phenoxy) is 3. The van der Waals surface area contributed by atoms with E-state index in [0.29, 0.717) is 28.9 Å². The number of benzene rings is 1. The molecule has 1 N–H and O–H groups in total. The highest BCUT2D eigenvalue weighted by Gasteiger charge is 2.05. The molecule has 1 heterocycles. The minimum atomic E-state index is 0.439. The van der Waals surface area contributed by atoms with Gasteiger partial charge in [-0.3, -0.25) is 0 Å². The summed E-state index contributed by atoms with van der Waals surface area (Å²) >= 11 is 0. The Hall–Kier alpha value is -2.50. The van der Waals surface area contributed by atoms with Crippen molar-refractivity contribution in [3.05, 3.63) is 30.6 Å². The zero-order valence-electron chi connectivity index (χ0n) is 11.0. The molecule has 1 aromatic heterocycles. The molecular weight excluding hydrogens is 246 g/mol. The fourth-order valence-corrected chi connectivity index (χ4v) is 1.49. The van der Waals surface area contributed by atoms with Gasteiger partial charge in [-0.2, -0.15) is 0 Å². The molecule has 0 saturated heterocycles. The first kappa shape index (κ1) is 12.9. The van der Waals surface area contributed by atoms with Crippen LogP contribution in [0.2, 0.25) is 0 Å². The zero-order valence-corrected chi connectivity index (χ0v) is 11.0. The van der Waals surface area contributed by atoms with Crippen molar-refractivity contribution in [1.29, 1.82) is 0 Å². The molecule has 0 radical (unpaired) electrons. The first-order valence-electron chi connectivity index (χ1n) is 5.66. The van der Waals surface area contributed by atoms with Gasteiger partial charge in [0, 0.05) is 31.3 Å². The van der Waals surface area contributed by atoms with Gasteiger partial charge in [-0.15, -0.1) is 0 Å². The topological polar surface area (TPSA) is 65.5 Å². The van der Waals surface area contributed by atoms with Crippen LogP contribution in [0.4, 0.5) is 5.82 Å². The lowest BCUT2D eigenvalue weighted by Gasteiger charge is -2.09. The average molecular weight is 261 g/mol. The lowest BCUT2D eigenvalue weighted by atomic mass is 10.3. The molecule has 0 bridgehead atoms. The first-order valence-corrected chi connectivity index (χ1v) is 5.66. The minimum Gasteiger partial charge on any atom is -0.496 e. The van der Waals surface area contributed by atoms with Gasteiger partial charge in [0.25, 0.3) is 0 Å². The second-order valence-electron chi connectivity index (χ2n) is 3.64. The van der Waals surface area contributed by atoms with Crippen LogP contribution in [0.25, 0.3) is 0 Å². The molecule has 0 spiro atoms. The monoisotopic (exact) mass is 261 g/mol. The molecule has 0 aliphatic carbocycles. The highest BCUT2D eigenvalue weighted by Crippen LogP contribution is 2.30. The second-order valence-corrected chi connectivity index (χ2v) is 3.64. The summed E-state index contributed by atoms with van der Waals surface area (Å²) in [5, 5.41) is 2.92. The predicted molar refractivity (Wildman–Crippen MR) is 71.2 cm³/mol. The fourth-order valence-electron chi connectivity index (χ4n) is 1.49. The highest BCUT2D eigenvalue weighted by molar-refractivity contribution is 5.44. The molecular formula is C13H15N3O3. The van der Waals surface area contributed by atoms with Crippen LogP contribution < -0.4 is 19.5 Å². The van der Waals surface area contributed by atoms with E-state index in [9.17, 15) is 0 Å². The normalized spacial score (nSPS) is 9.84. The number of hydrogen-bond donors (Lipinski definition) is 1. The van der Waals surface area contributed by atoms with Crippen LogP contribution in [-0.4, -0.2) is 31.2 Å². The van der Waals surface area contributed by atoms with Gasteiger partial charge in [0.15, 0.2) is 0 Å². The molecule has 0 aliphatic heterocycles. The SMILES string of the molecule is CNc1cc(Oc2cc(OC)cc(OC)c2)ncn1. The maximum absolute atomic E-state index is 5.65. The highest BCUT2D eigenvalue weighted by atomic mass is 16.5. The van der Waals surface area contributed by atoms with Crippen molar-refractivity contribution in [1.82, 2.24) is 9.97 Å². The second kappa shape index (κ2) is 5.90. The van der Waals surface area contributed by atoms with Crippen molar-refractivity contribution in [3.63, 3.8) is 0 Å². The van der Waals surface area contributed by atoms with Crippen molar-refractivity contribution in [2.75, 3.05) is 26.6 Å². The molecule has 0 fully saturated rings. The van der Waals surface area contributed by atoms with Gasteiger partial charge >= 0.3 is 0 Å². The molecule has 19 heavy (non-hydrogen) atoms. The van der Waals surface area contributed by atoms with Gasteiger partial charge in [-0.25, -0.2) is 9.97 Å². The lowest BCUT2D eigenvalue weighted by Crippen LogP contribution is -1.95.